The lowest BCUT2D eigenvalue weighted by molar-refractivity contribution is 1.87. The highest BCUT2D eigenvalue weighted by atomic mass is 13.4. The second-order valence-electron chi connectivity index (χ2n) is 0.558. The summed E-state index contributed by atoms with van der Waals surface area (Å²) in [6.07, 6.45) is 0.420. The summed E-state index contributed by atoms with van der Waals surface area (Å²) >= 11 is 0. The highest BCUT2D eigenvalue weighted by Gasteiger charge is 1.37. The Morgan fingerprint density at radius 3 is 2.40 bits per heavy atom. The predicted octanol–water partition coefficient (Wildman–Crippen LogP) is 0.411. The molecular formula is C4H4B-. The van der Waals surface area contributed by atoms with Crippen LogP contribution in [-0.2, 0) is 0 Å². The fourth-order valence-corrected chi connectivity index (χ4v) is 0.0722. The van der Waals surface area contributed by atoms with Crippen LogP contribution >= 0.6 is 0 Å². The maximum absolute atomic E-state index is 4.93. The van der Waals surface area contributed by atoms with Crippen molar-refractivity contribution in [3.05, 3.63) is 6.92 Å². The fourth-order valence-electron chi connectivity index (χ4n) is 0.0722. The van der Waals surface area contributed by atoms with Gasteiger partial charge in [-0.05, 0) is 0 Å². The molecule has 0 aliphatic rings. The monoisotopic (exact) mass is 63.0 g/mol. The average Bonchev–Trinajstić information content (AvgIpc) is 1.41. The summed E-state index contributed by atoms with van der Waals surface area (Å²) < 4.78 is 0. The van der Waals surface area contributed by atoms with E-state index in [2.05, 4.69) is 18.8 Å². The first-order valence-corrected chi connectivity index (χ1v) is 1.37. The van der Waals surface area contributed by atoms with E-state index in [0.29, 0.717) is 6.32 Å². The lowest BCUT2D eigenvalue weighted by Gasteiger charge is -1.72. The van der Waals surface area contributed by atoms with Crippen molar-refractivity contribution in [1.29, 1.82) is 0 Å². The van der Waals surface area contributed by atoms with Gasteiger partial charge in [-0.3, -0.25) is 5.92 Å². The topological polar surface area (TPSA) is 0 Å². The molecule has 0 amide bonds. The third-order valence-electron chi connectivity index (χ3n) is 0.227. The molecule has 0 aliphatic heterocycles. The highest BCUT2D eigenvalue weighted by molar-refractivity contribution is 6.10. The molecule has 0 fully saturated rings. The van der Waals surface area contributed by atoms with E-state index in [9.17, 15) is 0 Å². The van der Waals surface area contributed by atoms with Crippen LogP contribution in [0.5, 0.6) is 0 Å². The zero-order valence-electron chi connectivity index (χ0n) is 2.99. The minimum absolute atomic E-state index is 0.420. The Morgan fingerprint density at radius 2 is 2.40 bits per heavy atom. The highest BCUT2D eigenvalue weighted by Crippen LogP contribution is 1.57. The molecule has 2 radical (unpaired) electrons. The average molecular weight is 62.9 g/mol. The van der Waals surface area contributed by atoms with Crippen molar-refractivity contribution in [2.45, 2.75) is 6.32 Å². The zero-order chi connectivity index (χ0) is 4.12. The molecule has 1 heteroatoms. The van der Waals surface area contributed by atoms with Crippen molar-refractivity contribution < 1.29 is 0 Å². The summed E-state index contributed by atoms with van der Waals surface area (Å²) in [6, 6.07) is 0. The predicted molar refractivity (Wildman–Crippen MR) is 23.7 cm³/mol. The fraction of sp³-hybridized carbons (Fsp3) is 0.250. The standard InChI is InChI=1S/C4H4B/c1-2-3-4-5/h1,4H2/q-1. The molecule has 0 aromatic heterocycles. The van der Waals surface area contributed by atoms with E-state index in [1.54, 1.807) is 0 Å². The van der Waals surface area contributed by atoms with Gasteiger partial charge in [-0.1, -0.05) is 0 Å². The summed E-state index contributed by atoms with van der Waals surface area (Å²) in [5.41, 5.74) is 0. The molecule has 0 rings (SSSR count). The molecule has 0 aromatic rings. The molecule has 0 unspecified atom stereocenters. The van der Waals surface area contributed by atoms with Crippen LogP contribution in [0.1, 0.15) is 0 Å². The smallest absolute Gasteiger partial charge is 0.0548 e. The van der Waals surface area contributed by atoms with Crippen LogP contribution in [-0.4, -0.2) is 7.85 Å². The van der Waals surface area contributed by atoms with Crippen LogP contribution in [0.15, 0.2) is 0 Å². The van der Waals surface area contributed by atoms with Crippen LogP contribution in [0, 0.1) is 18.8 Å². The van der Waals surface area contributed by atoms with Crippen LogP contribution in [0.2, 0.25) is 6.32 Å². The van der Waals surface area contributed by atoms with Gasteiger partial charge >= 0.3 is 0 Å². The van der Waals surface area contributed by atoms with Crippen LogP contribution in [0.25, 0.3) is 0 Å². The molecule has 0 nitrogen and oxygen atoms in total. The van der Waals surface area contributed by atoms with E-state index in [1.165, 1.54) is 0 Å². The van der Waals surface area contributed by atoms with Gasteiger partial charge in [0.2, 0.25) is 0 Å². The Balaban J connectivity index is 2.81. The first-order valence-electron chi connectivity index (χ1n) is 1.37. The molecule has 0 N–H and O–H groups in total. The third-order valence-corrected chi connectivity index (χ3v) is 0.227. The Morgan fingerprint density at radius 1 is 1.80 bits per heavy atom. The van der Waals surface area contributed by atoms with Gasteiger partial charge < -0.3 is 5.92 Å². The Labute approximate surface area is 34.0 Å². The number of hydrogen-bond acceptors (Lipinski definition) is 0. The van der Waals surface area contributed by atoms with Crippen molar-refractivity contribution in [2.75, 3.05) is 0 Å². The van der Waals surface area contributed by atoms with Gasteiger partial charge in [-0.25, -0.2) is 0 Å². The SMILES string of the molecule is [B]CC#C[CH2-]. The Kier molecular flexibility index (Phi) is 3.14. The summed E-state index contributed by atoms with van der Waals surface area (Å²) in [7, 11) is 4.93. The van der Waals surface area contributed by atoms with E-state index in [0.717, 1.165) is 0 Å². The van der Waals surface area contributed by atoms with E-state index in [4.69, 9.17) is 7.85 Å². The summed E-state index contributed by atoms with van der Waals surface area (Å²) in [4.78, 5) is 0. The van der Waals surface area contributed by atoms with Crippen molar-refractivity contribution >= 4 is 7.85 Å². The molecule has 0 aliphatic carbocycles. The van der Waals surface area contributed by atoms with Crippen molar-refractivity contribution in [3.8, 4) is 11.8 Å². The molecular weight excluding hydrogens is 58.9 g/mol. The maximum atomic E-state index is 4.93. The quantitative estimate of drug-likeness (QED) is 0.217. The summed E-state index contributed by atoms with van der Waals surface area (Å²) in [5.74, 6) is 4.92. The lowest BCUT2D eigenvalue weighted by atomic mass is 10.1. The normalized spacial score (nSPS) is 4.80. The largest absolute Gasteiger partial charge is 0.337 e. The first-order chi connectivity index (χ1) is 2.41. The van der Waals surface area contributed by atoms with Gasteiger partial charge in [0.25, 0.3) is 0 Å². The van der Waals surface area contributed by atoms with Gasteiger partial charge in [0.1, 0.15) is 0 Å². The van der Waals surface area contributed by atoms with E-state index >= 15 is 0 Å². The minimum atomic E-state index is 0.420. The summed E-state index contributed by atoms with van der Waals surface area (Å²) in [5, 5.41) is 0. The summed E-state index contributed by atoms with van der Waals surface area (Å²) in [6.45, 7) is 3.23. The van der Waals surface area contributed by atoms with Crippen LogP contribution < -0.4 is 0 Å². The van der Waals surface area contributed by atoms with E-state index < -0.39 is 0 Å². The van der Waals surface area contributed by atoms with Crippen LogP contribution in [0.3, 0.4) is 0 Å². The van der Waals surface area contributed by atoms with Gasteiger partial charge in [0.05, 0.1) is 7.85 Å². The zero-order valence-corrected chi connectivity index (χ0v) is 2.99. The van der Waals surface area contributed by atoms with Gasteiger partial charge in [0, 0.05) is 0 Å². The second-order valence-corrected chi connectivity index (χ2v) is 0.558. The van der Waals surface area contributed by atoms with Gasteiger partial charge in [0.15, 0.2) is 0 Å². The molecule has 24 valence electrons. The molecule has 0 aromatic carbocycles. The van der Waals surface area contributed by atoms with Gasteiger partial charge in [-0.15, -0.1) is 6.32 Å². The molecule has 0 heterocycles. The lowest BCUT2D eigenvalue weighted by Crippen LogP contribution is -1.52. The molecule has 0 bridgehead atoms. The Bertz CT molecular complexity index is 55.8. The van der Waals surface area contributed by atoms with E-state index in [-0.39, 0.29) is 0 Å². The number of hydrogen-bond donors (Lipinski definition) is 0. The maximum Gasteiger partial charge on any atom is 0.0548 e. The van der Waals surface area contributed by atoms with E-state index in [1.807, 2.05) is 0 Å². The second kappa shape index (κ2) is 3.49. The third kappa shape index (κ3) is 3.49. The molecule has 0 saturated carbocycles. The van der Waals surface area contributed by atoms with Crippen molar-refractivity contribution in [3.63, 3.8) is 0 Å². The van der Waals surface area contributed by atoms with Crippen molar-refractivity contribution in [1.82, 2.24) is 0 Å². The van der Waals surface area contributed by atoms with Crippen molar-refractivity contribution in [2.24, 2.45) is 0 Å². The molecule has 0 atom stereocenters. The molecule has 5 heavy (non-hydrogen) atoms. The molecule has 0 saturated heterocycles. The number of rotatable bonds is 0. The minimum Gasteiger partial charge on any atom is -0.337 e. The molecule has 0 spiro atoms. The van der Waals surface area contributed by atoms with Crippen LogP contribution in [0.4, 0.5) is 0 Å². The Hall–Kier alpha value is -0.505. The van der Waals surface area contributed by atoms with Gasteiger partial charge in [-0.2, -0.15) is 6.92 Å². The first kappa shape index (κ1) is 4.49.